The van der Waals surface area contributed by atoms with E-state index in [0.29, 0.717) is 29.6 Å². The zero-order valence-electron chi connectivity index (χ0n) is 18.1. The molecule has 0 fully saturated rings. The topological polar surface area (TPSA) is 88.7 Å². The number of carbonyl (C=O) groups excluding carboxylic acids is 2. The molecule has 0 bridgehead atoms. The number of nitrogens with one attached hydrogen (secondary N) is 3. The maximum atomic E-state index is 12.2. The molecule has 0 radical (unpaired) electrons. The lowest BCUT2D eigenvalue weighted by atomic mass is 9.98. The minimum Gasteiger partial charge on any atom is -0.494 e. The third-order valence-electron chi connectivity index (χ3n) is 4.55. The van der Waals surface area contributed by atoms with Gasteiger partial charge in [0.25, 0.3) is 11.8 Å². The summed E-state index contributed by atoms with van der Waals surface area (Å²) in [6.45, 7) is 6.66. The highest BCUT2D eigenvalue weighted by Gasteiger charge is 2.12. The summed E-state index contributed by atoms with van der Waals surface area (Å²) >= 11 is 5.06. The van der Waals surface area contributed by atoms with Crippen molar-refractivity contribution in [2.24, 2.45) is 0 Å². The molecule has 0 aliphatic carbocycles. The molecule has 31 heavy (non-hydrogen) atoms. The van der Waals surface area contributed by atoms with Crippen molar-refractivity contribution in [1.82, 2.24) is 16.2 Å². The summed E-state index contributed by atoms with van der Waals surface area (Å²) in [6, 6.07) is 14.4. The Morgan fingerprint density at radius 2 is 1.71 bits per heavy atom. The van der Waals surface area contributed by atoms with Crippen molar-refractivity contribution in [3.63, 3.8) is 0 Å². The predicted octanol–water partition coefficient (Wildman–Crippen LogP) is 3.70. The number of amides is 2. The molecule has 0 spiro atoms. The van der Waals surface area contributed by atoms with E-state index < -0.39 is 11.8 Å². The van der Waals surface area contributed by atoms with Gasteiger partial charge in [-0.1, -0.05) is 39.0 Å². The second kappa shape index (κ2) is 12.5. The first-order valence-electron chi connectivity index (χ1n) is 10.3. The maximum Gasteiger partial charge on any atom is 0.276 e. The van der Waals surface area contributed by atoms with Crippen molar-refractivity contribution in [3.8, 4) is 11.5 Å². The minimum atomic E-state index is -0.423. The Bertz CT molecular complexity index is 887. The lowest BCUT2D eigenvalue weighted by Gasteiger charge is -2.16. The number of carbonyl (C=O) groups is 2. The molecule has 2 aromatic carbocycles. The van der Waals surface area contributed by atoms with E-state index >= 15 is 0 Å². The van der Waals surface area contributed by atoms with Gasteiger partial charge in [0.2, 0.25) is 0 Å². The van der Waals surface area contributed by atoms with Crippen LogP contribution in [0.1, 0.15) is 55.5 Å². The fourth-order valence-electron chi connectivity index (χ4n) is 2.67. The Balaban J connectivity index is 1.77. The molecule has 8 heteroatoms. The van der Waals surface area contributed by atoms with Crippen molar-refractivity contribution in [1.29, 1.82) is 0 Å². The second-order valence-electron chi connectivity index (χ2n) is 6.97. The number of hydrogen-bond acceptors (Lipinski definition) is 5. The highest BCUT2D eigenvalue weighted by molar-refractivity contribution is 7.80. The van der Waals surface area contributed by atoms with E-state index in [9.17, 15) is 9.59 Å². The zero-order valence-corrected chi connectivity index (χ0v) is 18.9. The van der Waals surface area contributed by atoms with Gasteiger partial charge in [-0.25, -0.2) is 0 Å². The number of hydrogen-bond donors (Lipinski definition) is 3. The van der Waals surface area contributed by atoms with E-state index in [-0.39, 0.29) is 11.7 Å². The summed E-state index contributed by atoms with van der Waals surface area (Å²) in [5, 5.41) is 2.48. The SMILES string of the molecule is CCCOc1ccc(C(=O)NC(=S)NNC(=O)COc2ccccc2C(C)CC)cc1. The molecule has 7 nitrogen and oxygen atoms in total. The van der Waals surface area contributed by atoms with E-state index in [4.69, 9.17) is 21.7 Å². The number of ether oxygens (including phenoxy) is 2. The largest absolute Gasteiger partial charge is 0.494 e. The molecule has 1 atom stereocenters. The van der Waals surface area contributed by atoms with Crippen LogP contribution < -0.4 is 25.6 Å². The van der Waals surface area contributed by atoms with Gasteiger partial charge in [0.15, 0.2) is 11.7 Å². The van der Waals surface area contributed by atoms with Crippen LogP contribution in [0, 0.1) is 0 Å². The first-order chi connectivity index (χ1) is 14.9. The smallest absolute Gasteiger partial charge is 0.276 e. The second-order valence-corrected chi connectivity index (χ2v) is 7.37. The Morgan fingerprint density at radius 3 is 2.39 bits per heavy atom. The van der Waals surface area contributed by atoms with E-state index in [1.807, 2.05) is 31.2 Å². The average Bonchev–Trinajstić information content (AvgIpc) is 2.80. The highest BCUT2D eigenvalue weighted by atomic mass is 32.1. The van der Waals surface area contributed by atoms with Crippen LogP contribution in [0.5, 0.6) is 11.5 Å². The van der Waals surface area contributed by atoms with E-state index in [2.05, 4.69) is 30.0 Å². The number of hydrazine groups is 1. The summed E-state index contributed by atoms with van der Waals surface area (Å²) in [4.78, 5) is 24.3. The van der Waals surface area contributed by atoms with Crippen LogP contribution in [-0.4, -0.2) is 30.1 Å². The highest BCUT2D eigenvalue weighted by Crippen LogP contribution is 2.28. The minimum absolute atomic E-state index is 0.0235. The maximum absolute atomic E-state index is 12.2. The summed E-state index contributed by atoms with van der Waals surface area (Å²) in [5.74, 6) is 0.878. The Hall–Kier alpha value is -3.13. The molecular weight excluding hydrogens is 414 g/mol. The molecule has 0 aromatic heterocycles. The predicted molar refractivity (Wildman–Crippen MR) is 124 cm³/mol. The molecule has 0 aliphatic rings. The molecule has 1 unspecified atom stereocenters. The van der Waals surface area contributed by atoms with Gasteiger partial charge in [-0.2, -0.15) is 0 Å². The van der Waals surface area contributed by atoms with Gasteiger partial charge >= 0.3 is 0 Å². The Labute approximate surface area is 188 Å². The van der Waals surface area contributed by atoms with Crippen molar-refractivity contribution >= 4 is 29.1 Å². The van der Waals surface area contributed by atoms with Gasteiger partial charge in [-0.05, 0) is 66.9 Å². The zero-order chi connectivity index (χ0) is 22.6. The van der Waals surface area contributed by atoms with Crippen LogP contribution in [0.3, 0.4) is 0 Å². The van der Waals surface area contributed by atoms with Gasteiger partial charge in [0, 0.05) is 5.56 Å². The quantitative estimate of drug-likeness (QED) is 0.405. The number of para-hydroxylation sites is 1. The van der Waals surface area contributed by atoms with Crippen molar-refractivity contribution < 1.29 is 19.1 Å². The number of rotatable bonds is 9. The van der Waals surface area contributed by atoms with E-state index in [1.165, 1.54) is 0 Å². The van der Waals surface area contributed by atoms with Gasteiger partial charge in [-0.15, -0.1) is 0 Å². The molecule has 0 saturated carbocycles. The van der Waals surface area contributed by atoms with Gasteiger partial charge < -0.3 is 9.47 Å². The van der Waals surface area contributed by atoms with Crippen LogP contribution >= 0.6 is 12.2 Å². The first-order valence-corrected chi connectivity index (χ1v) is 10.7. The van der Waals surface area contributed by atoms with Crippen LogP contribution in [-0.2, 0) is 4.79 Å². The first kappa shape index (κ1) is 24.1. The van der Waals surface area contributed by atoms with Gasteiger partial charge in [0.05, 0.1) is 6.61 Å². The fraction of sp³-hybridized carbons (Fsp3) is 0.348. The van der Waals surface area contributed by atoms with E-state index in [0.717, 1.165) is 18.4 Å². The van der Waals surface area contributed by atoms with Gasteiger partial charge in [0.1, 0.15) is 11.5 Å². The number of thiocarbonyl (C=S) groups is 1. The summed E-state index contributed by atoms with van der Waals surface area (Å²) in [5.41, 5.74) is 6.39. The third kappa shape index (κ3) is 7.90. The van der Waals surface area contributed by atoms with Gasteiger partial charge in [-0.3, -0.25) is 25.8 Å². The van der Waals surface area contributed by atoms with Crippen LogP contribution in [0.2, 0.25) is 0 Å². The van der Waals surface area contributed by atoms with Crippen molar-refractivity contribution in [3.05, 3.63) is 59.7 Å². The molecule has 2 amide bonds. The van der Waals surface area contributed by atoms with Crippen molar-refractivity contribution in [2.45, 2.75) is 39.5 Å². The standard InChI is InChI=1S/C23H29N3O4S/c1-4-14-29-18-12-10-17(11-13-18)22(28)24-23(31)26-25-21(27)15-30-20-9-7-6-8-19(20)16(3)5-2/h6-13,16H,4-5,14-15H2,1-3H3,(H,25,27)(H2,24,26,28,31). The molecule has 2 rings (SSSR count). The molecule has 3 N–H and O–H groups in total. The van der Waals surface area contributed by atoms with E-state index in [1.54, 1.807) is 24.3 Å². The summed E-state index contributed by atoms with van der Waals surface area (Å²) < 4.78 is 11.1. The van der Waals surface area contributed by atoms with Crippen LogP contribution in [0.15, 0.2) is 48.5 Å². The lowest BCUT2D eigenvalue weighted by molar-refractivity contribution is -0.123. The third-order valence-corrected chi connectivity index (χ3v) is 4.76. The van der Waals surface area contributed by atoms with Crippen LogP contribution in [0.4, 0.5) is 0 Å². The molecule has 0 aliphatic heterocycles. The Kier molecular flexibility index (Phi) is 9.77. The van der Waals surface area contributed by atoms with Crippen LogP contribution in [0.25, 0.3) is 0 Å². The molecular formula is C23H29N3O4S. The fourth-order valence-corrected chi connectivity index (χ4v) is 2.82. The average molecular weight is 444 g/mol. The Morgan fingerprint density at radius 1 is 1.00 bits per heavy atom. The molecule has 0 heterocycles. The van der Waals surface area contributed by atoms with Crippen molar-refractivity contribution in [2.75, 3.05) is 13.2 Å². The number of benzene rings is 2. The lowest BCUT2D eigenvalue weighted by Crippen LogP contribution is -2.49. The molecule has 0 saturated heterocycles. The summed E-state index contributed by atoms with van der Waals surface area (Å²) in [6.07, 6.45) is 1.87. The normalized spacial score (nSPS) is 11.2. The summed E-state index contributed by atoms with van der Waals surface area (Å²) in [7, 11) is 0. The molecule has 2 aromatic rings. The monoisotopic (exact) mass is 443 g/mol. The molecule has 166 valence electrons.